The van der Waals surface area contributed by atoms with Crippen LogP contribution in [0.3, 0.4) is 0 Å². The van der Waals surface area contributed by atoms with Gasteiger partial charge in [-0.1, -0.05) is 0 Å². The van der Waals surface area contributed by atoms with Gasteiger partial charge in [0, 0.05) is 27.2 Å². The van der Waals surface area contributed by atoms with E-state index in [0.29, 0.717) is 5.69 Å². The first-order chi connectivity index (χ1) is 11.7. The van der Waals surface area contributed by atoms with Crippen molar-refractivity contribution in [2.24, 2.45) is 5.73 Å². The van der Waals surface area contributed by atoms with E-state index >= 15 is 0 Å². The molecule has 138 valence electrons. The van der Waals surface area contributed by atoms with Gasteiger partial charge >= 0.3 is 5.97 Å². The molecule has 0 aliphatic carbocycles. The molecule has 2 rings (SSSR count). The second-order valence-electron chi connectivity index (χ2n) is 6.06. The monoisotopic (exact) mass is 369 g/mol. The Morgan fingerprint density at radius 1 is 1.20 bits per heavy atom. The molecule has 1 saturated heterocycles. The summed E-state index contributed by atoms with van der Waals surface area (Å²) in [6.07, 6.45) is 3.10. The summed E-state index contributed by atoms with van der Waals surface area (Å²) in [5, 5.41) is 0. The fraction of sp³-hybridized carbons (Fsp3) is 0.500. The van der Waals surface area contributed by atoms with Crippen molar-refractivity contribution in [2.75, 3.05) is 38.7 Å². The number of rotatable bonds is 6. The summed E-state index contributed by atoms with van der Waals surface area (Å²) in [7, 11) is -0.865. The molecule has 2 N–H and O–H groups in total. The summed E-state index contributed by atoms with van der Waals surface area (Å²) in [4.78, 5) is 25.3. The smallest absolute Gasteiger partial charge is 0.340 e. The number of ether oxygens (including phenoxy) is 1. The molecule has 1 aliphatic rings. The number of anilines is 1. The Bertz CT molecular complexity index is 755. The van der Waals surface area contributed by atoms with Crippen molar-refractivity contribution in [3.05, 3.63) is 23.8 Å². The number of carbonyl (C=O) groups is 2. The lowest BCUT2D eigenvalue weighted by molar-refractivity contribution is -0.121. The normalized spacial score (nSPS) is 15.2. The molecule has 9 heteroatoms. The molecule has 0 unspecified atom stereocenters. The van der Waals surface area contributed by atoms with Gasteiger partial charge in [0.25, 0.3) is 5.91 Å². The molecule has 1 heterocycles. The van der Waals surface area contributed by atoms with Crippen molar-refractivity contribution < 1.29 is 22.7 Å². The fourth-order valence-electron chi connectivity index (χ4n) is 2.67. The van der Waals surface area contributed by atoms with E-state index in [-0.39, 0.29) is 10.5 Å². The Hall–Kier alpha value is -2.13. The van der Waals surface area contributed by atoms with Gasteiger partial charge in [0.05, 0.1) is 16.1 Å². The molecular weight excluding hydrogens is 346 g/mol. The van der Waals surface area contributed by atoms with Gasteiger partial charge in [0.1, 0.15) is 0 Å². The van der Waals surface area contributed by atoms with Crippen LogP contribution >= 0.6 is 0 Å². The maximum atomic E-state index is 12.4. The van der Waals surface area contributed by atoms with Crippen LogP contribution in [0.1, 0.15) is 29.6 Å². The van der Waals surface area contributed by atoms with Crippen LogP contribution in [0.2, 0.25) is 0 Å². The van der Waals surface area contributed by atoms with E-state index in [9.17, 15) is 18.0 Å². The highest BCUT2D eigenvalue weighted by atomic mass is 32.2. The molecular formula is C16H23N3O5S. The molecule has 1 aliphatic heterocycles. The number of esters is 1. The lowest BCUT2D eigenvalue weighted by atomic mass is 10.1. The van der Waals surface area contributed by atoms with E-state index in [2.05, 4.69) is 0 Å². The SMILES string of the molecule is CN(C)S(=O)(=O)c1ccc(N2CCCCC2)c(C(=O)OCC(N)=O)c1. The van der Waals surface area contributed by atoms with Crippen LogP contribution in [0.15, 0.2) is 23.1 Å². The number of hydrogen-bond donors (Lipinski definition) is 1. The van der Waals surface area contributed by atoms with E-state index in [1.807, 2.05) is 4.90 Å². The van der Waals surface area contributed by atoms with Crippen molar-refractivity contribution in [3.63, 3.8) is 0 Å². The molecule has 1 fully saturated rings. The molecule has 1 aromatic rings. The summed E-state index contributed by atoms with van der Waals surface area (Å²) in [5.74, 6) is -1.54. The van der Waals surface area contributed by atoms with Gasteiger partial charge in [-0.15, -0.1) is 0 Å². The van der Waals surface area contributed by atoms with Crippen molar-refractivity contribution in [1.82, 2.24) is 4.31 Å². The van der Waals surface area contributed by atoms with Crippen LogP contribution in [-0.2, 0) is 19.6 Å². The number of amides is 1. The highest BCUT2D eigenvalue weighted by molar-refractivity contribution is 7.89. The Balaban J connectivity index is 2.44. The zero-order chi connectivity index (χ0) is 18.6. The number of carbonyl (C=O) groups excluding carboxylic acids is 2. The van der Waals surface area contributed by atoms with E-state index in [0.717, 1.165) is 36.7 Å². The lowest BCUT2D eigenvalue weighted by Gasteiger charge is -2.30. The second kappa shape index (κ2) is 7.83. The van der Waals surface area contributed by atoms with Crippen molar-refractivity contribution in [3.8, 4) is 0 Å². The number of hydrogen-bond acceptors (Lipinski definition) is 6. The molecule has 0 atom stereocenters. The Morgan fingerprint density at radius 2 is 1.84 bits per heavy atom. The maximum Gasteiger partial charge on any atom is 0.340 e. The second-order valence-corrected chi connectivity index (χ2v) is 8.21. The molecule has 0 radical (unpaired) electrons. The minimum Gasteiger partial charge on any atom is -0.452 e. The number of nitrogens with two attached hydrogens (primary N) is 1. The number of piperidine rings is 1. The third-order valence-electron chi connectivity index (χ3n) is 4.01. The number of benzene rings is 1. The number of sulfonamides is 1. The fourth-order valence-corrected chi connectivity index (χ4v) is 3.60. The molecule has 0 saturated carbocycles. The molecule has 1 aromatic carbocycles. The Morgan fingerprint density at radius 3 is 2.40 bits per heavy atom. The molecule has 0 aromatic heterocycles. The van der Waals surface area contributed by atoms with Crippen LogP contribution in [0.4, 0.5) is 5.69 Å². The Kier molecular flexibility index (Phi) is 6.02. The third kappa shape index (κ3) is 4.49. The first-order valence-corrected chi connectivity index (χ1v) is 9.44. The summed E-state index contributed by atoms with van der Waals surface area (Å²) in [6.45, 7) is 0.995. The third-order valence-corrected chi connectivity index (χ3v) is 5.82. The zero-order valence-corrected chi connectivity index (χ0v) is 15.2. The summed E-state index contributed by atoms with van der Waals surface area (Å²) in [5.41, 5.74) is 5.73. The van der Waals surface area contributed by atoms with Crippen molar-refractivity contribution in [2.45, 2.75) is 24.2 Å². The first kappa shape index (κ1) is 19.2. The van der Waals surface area contributed by atoms with Gasteiger partial charge in [0.2, 0.25) is 10.0 Å². The van der Waals surface area contributed by atoms with Crippen LogP contribution in [0, 0.1) is 0 Å². The average molecular weight is 369 g/mol. The van der Waals surface area contributed by atoms with Gasteiger partial charge < -0.3 is 15.4 Å². The molecule has 25 heavy (non-hydrogen) atoms. The van der Waals surface area contributed by atoms with Gasteiger partial charge in [-0.05, 0) is 37.5 Å². The van der Waals surface area contributed by atoms with E-state index in [4.69, 9.17) is 10.5 Å². The predicted octanol–water partition coefficient (Wildman–Crippen LogP) is 0.569. The average Bonchev–Trinajstić information content (AvgIpc) is 2.59. The van der Waals surface area contributed by atoms with Crippen LogP contribution in [0.25, 0.3) is 0 Å². The predicted molar refractivity (Wildman–Crippen MR) is 92.9 cm³/mol. The topological polar surface area (TPSA) is 110 Å². The van der Waals surface area contributed by atoms with E-state index in [1.54, 1.807) is 6.07 Å². The summed E-state index contributed by atoms with van der Waals surface area (Å²) < 4.78 is 30.7. The van der Waals surface area contributed by atoms with Gasteiger partial charge in [-0.25, -0.2) is 17.5 Å². The summed E-state index contributed by atoms with van der Waals surface area (Å²) >= 11 is 0. The van der Waals surface area contributed by atoms with E-state index in [1.165, 1.54) is 26.2 Å². The quantitative estimate of drug-likeness (QED) is 0.734. The van der Waals surface area contributed by atoms with Gasteiger partial charge in [-0.2, -0.15) is 0 Å². The molecule has 0 spiro atoms. The summed E-state index contributed by atoms with van der Waals surface area (Å²) in [6, 6.07) is 4.38. The largest absolute Gasteiger partial charge is 0.452 e. The number of nitrogens with zero attached hydrogens (tertiary/aromatic N) is 2. The van der Waals surface area contributed by atoms with Crippen LogP contribution in [0.5, 0.6) is 0 Å². The van der Waals surface area contributed by atoms with Gasteiger partial charge in [-0.3, -0.25) is 4.79 Å². The molecule has 1 amide bonds. The standard InChI is InChI=1S/C16H23N3O5S/c1-18(2)25(22,23)12-6-7-14(19-8-4-3-5-9-19)13(10-12)16(21)24-11-15(17)20/h6-7,10H,3-5,8-9,11H2,1-2H3,(H2,17,20). The van der Waals surface area contributed by atoms with Crippen LogP contribution in [-0.4, -0.2) is 58.4 Å². The molecule has 8 nitrogen and oxygen atoms in total. The van der Waals surface area contributed by atoms with Gasteiger partial charge in [0.15, 0.2) is 6.61 Å². The minimum absolute atomic E-state index is 0.00992. The lowest BCUT2D eigenvalue weighted by Crippen LogP contribution is -2.31. The Labute approximate surface area is 147 Å². The highest BCUT2D eigenvalue weighted by Gasteiger charge is 2.25. The maximum absolute atomic E-state index is 12.4. The number of primary amides is 1. The van der Waals surface area contributed by atoms with Crippen molar-refractivity contribution >= 4 is 27.6 Å². The van der Waals surface area contributed by atoms with Crippen molar-refractivity contribution in [1.29, 1.82) is 0 Å². The molecule has 0 bridgehead atoms. The zero-order valence-electron chi connectivity index (χ0n) is 14.4. The van der Waals surface area contributed by atoms with Crippen LogP contribution < -0.4 is 10.6 Å². The van der Waals surface area contributed by atoms with E-state index < -0.39 is 28.5 Å². The highest BCUT2D eigenvalue weighted by Crippen LogP contribution is 2.28. The first-order valence-electron chi connectivity index (χ1n) is 8.00. The minimum atomic E-state index is -3.70.